The Morgan fingerprint density at radius 1 is 1.14 bits per heavy atom. The Morgan fingerprint density at radius 3 is 2.50 bits per heavy atom. The van der Waals surface area contributed by atoms with E-state index >= 15 is 0 Å². The molecule has 0 atom stereocenters. The summed E-state index contributed by atoms with van der Waals surface area (Å²) >= 11 is 3.42. The minimum absolute atomic E-state index is 0.230. The number of hydrogen-bond acceptors (Lipinski definition) is 5. The number of benzene rings is 1. The van der Waals surface area contributed by atoms with E-state index in [4.69, 9.17) is 14.2 Å². The van der Waals surface area contributed by atoms with Crippen LogP contribution in [0.25, 0.3) is 11.7 Å². The maximum Gasteiger partial charge on any atom is 0.244 e. The molecule has 28 heavy (non-hydrogen) atoms. The van der Waals surface area contributed by atoms with Crippen molar-refractivity contribution in [2.24, 2.45) is 0 Å². The number of imidazole rings is 1. The summed E-state index contributed by atoms with van der Waals surface area (Å²) in [6.45, 7) is 0.331. The van der Waals surface area contributed by atoms with Gasteiger partial charge in [0.15, 0.2) is 11.5 Å². The minimum atomic E-state index is -0.230. The highest BCUT2D eigenvalue weighted by molar-refractivity contribution is 9.10. The number of halogens is 1. The third kappa shape index (κ3) is 4.45. The third-order valence-corrected chi connectivity index (χ3v) is 4.49. The van der Waals surface area contributed by atoms with E-state index in [2.05, 4.69) is 26.2 Å². The molecular weight excluding hydrogens is 426 g/mol. The van der Waals surface area contributed by atoms with E-state index in [9.17, 15) is 4.79 Å². The van der Waals surface area contributed by atoms with E-state index in [1.54, 1.807) is 39.5 Å². The normalized spacial score (nSPS) is 11.0. The fraction of sp³-hybridized carbons (Fsp3) is 0.200. The molecule has 3 rings (SSSR count). The van der Waals surface area contributed by atoms with Crippen molar-refractivity contribution in [1.82, 2.24) is 14.7 Å². The van der Waals surface area contributed by atoms with Crippen molar-refractivity contribution >= 4 is 33.6 Å². The van der Waals surface area contributed by atoms with Gasteiger partial charge in [-0.15, -0.1) is 0 Å². The summed E-state index contributed by atoms with van der Waals surface area (Å²) in [5, 5.41) is 2.82. The first-order valence-electron chi connectivity index (χ1n) is 8.43. The SMILES string of the molecule is COc1cc(/C=C/C(=O)NCc2cn3cc(Br)ccc3n2)cc(OC)c1OC. The zero-order valence-electron chi connectivity index (χ0n) is 15.7. The molecular formula is C20H20BrN3O4. The lowest BCUT2D eigenvalue weighted by atomic mass is 10.1. The van der Waals surface area contributed by atoms with Crippen LogP contribution >= 0.6 is 15.9 Å². The molecule has 0 saturated carbocycles. The number of hydrogen-bond donors (Lipinski definition) is 1. The number of carbonyl (C=O) groups is 1. The minimum Gasteiger partial charge on any atom is -0.493 e. The Hall–Kier alpha value is -3.00. The second-order valence-electron chi connectivity index (χ2n) is 5.85. The molecule has 0 aliphatic rings. The highest BCUT2D eigenvalue weighted by Crippen LogP contribution is 2.38. The van der Waals surface area contributed by atoms with E-state index in [-0.39, 0.29) is 5.91 Å². The van der Waals surface area contributed by atoms with E-state index in [1.165, 1.54) is 6.08 Å². The Kier molecular flexibility index (Phi) is 6.20. The Bertz CT molecular complexity index is 1000. The fourth-order valence-electron chi connectivity index (χ4n) is 2.71. The molecule has 0 unspecified atom stereocenters. The van der Waals surface area contributed by atoms with Gasteiger partial charge in [0.05, 0.1) is 33.6 Å². The lowest BCUT2D eigenvalue weighted by molar-refractivity contribution is -0.116. The number of nitrogens with one attached hydrogen (secondary N) is 1. The Morgan fingerprint density at radius 2 is 1.86 bits per heavy atom. The number of fused-ring (bicyclic) bond motifs is 1. The molecule has 1 aromatic carbocycles. The van der Waals surface area contributed by atoms with Gasteiger partial charge in [0, 0.05) is 22.9 Å². The smallest absolute Gasteiger partial charge is 0.244 e. The van der Waals surface area contributed by atoms with E-state index in [0.717, 1.165) is 21.4 Å². The molecule has 0 saturated heterocycles. The van der Waals surface area contributed by atoms with Gasteiger partial charge in [-0.2, -0.15) is 0 Å². The number of pyridine rings is 1. The fourth-order valence-corrected chi connectivity index (χ4v) is 3.06. The van der Waals surface area contributed by atoms with Crippen LogP contribution in [-0.2, 0) is 11.3 Å². The van der Waals surface area contributed by atoms with Gasteiger partial charge in [-0.05, 0) is 51.8 Å². The number of amides is 1. The molecule has 2 heterocycles. The van der Waals surface area contributed by atoms with Gasteiger partial charge in [0.25, 0.3) is 0 Å². The number of ether oxygens (including phenoxy) is 3. The molecule has 146 valence electrons. The van der Waals surface area contributed by atoms with Crippen LogP contribution < -0.4 is 19.5 Å². The molecule has 8 heteroatoms. The van der Waals surface area contributed by atoms with Gasteiger partial charge in [-0.3, -0.25) is 4.79 Å². The standard InChI is InChI=1S/C20H20BrN3O4/c1-26-16-8-13(9-17(27-2)20(16)28-3)4-7-19(25)22-10-15-12-24-11-14(21)5-6-18(24)23-15/h4-9,11-12H,10H2,1-3H3,(H,22,25)/b7-4+. The van der Waals surface area contributed by atoms with Gasteiger partial charge in [0.2, 0.25) is 11.7 Å². The molecule has 0 aliphatic carbocycles. The van der Waals surface area contributed by atoms with Crippen LogP contribution in [0.5, 0.6) is 17.2 Å². The molecule has 0 spiro atoms. The van der Waals surface area contributed by atoms with Crippen molar-refractivity contribution < 1.29 is 19.0 Å². The molecule has 7 nitrogen and oxygen atoms in total. The van der Waals surface area contributed by atoms with Gasteiger partial charge >= 0.3 is 0 Å². The van der Waals surface area contributed by atoms with E-state index < -0.39 is 0 Å². The van der Waals surface area contributed by atoms with Crippen LogP contribution in [0.4, 0.5) is 0 Å². The average molecular weight is 446 g/mol. The summed E-state index contributed by atoms with van der Waals surface area (Å²) in [4.78, 5) is 16.6. The van der Waals surface area contributed by atoms with Crippen molar-refractivity contribution in [3.63, 3.8) is 0 Å². The maximum absolute atomic E-state index is 12.2. The number of methoxy groups -OCH3 is 3. The molecule has 0 aliphatic heterocycles. The number of aromatic nitrogens is 2. The van der Waals surface area contributed by atoms with Crippen LogP contribution in [0, 0.1) is 0 Å². The summed E-state index contributed by atoms with van der Waals surface area (Å²) in [5.74, 6) is 1.33. The van der Waals surface area contributed by atoms with Crippen LogP contribution in [0.1, 0.15) is 11.3 Å². The molecule has 0 bridgehead atoms. The van der Waals surface area contributed by atoms with E-state index in [0.29, 0.717) is 23.8 Å². The summed E-state index contributed by atoms with van der Waals surface area (Å²) in [6, 6.07) is 7.36. The van der Waals surface area contributed by atoms with Gasteiger partial charge in [0.1, 0.15) is 5.65 Å². The summed E-state index contributed by atoms with van der Waals surface area (Å²) in [6.07, 6.45) is 6.93. The third-order valence-electron chi connectivity index (χ3n) is 4.02. The zero-order chi connectivity index (χ0) is 20.1. The molecule has 1 amide bonds. The van der Waals surface area contributed by atoms with Gasteiger partial charge < -0.3 is 23.9 Å². The Balaban J connectivity index is 1.67. The first kappa shape index (κ1) is 19.8. The second-order valence-corrected chi connectivity index (χ2v) is 6.77. The van der Waals surface area contributed by atoms with Crippen molar-refractivity contribution in [3.05, 3.63) is 58.5 Å². The average Bonchev–Trinajstić information content (AvgIpc) is 3.11. The number of rotatable bonds is 7. The van der Waals surface area contributed by atoms with Crippen LogP contribution in [0.3, 0.4) is 0 Å². The monoisotopic (exact) mass is 445 g/mol. The summed E-state index contributed by atoms with van der Waals surface area (Å²) in [7, 11) is 4.64. The first-order chi connectivity index (χ1) is 13.5. The number of nitrogens with zero attached hydrogens (tertiary/aromatic N) is 2. The highest BCUT2D eigenvalue weighted by Gasteiger charge is 2.12. The van der Waals surface area contributed by atoms with Gasteiger partial charge in [-0.1, -0.05) is 0 Å². The number of carbonyl (C=O) groups excluding carboxylic acids is 1. The van der Waals surface area contributed by atoms with E-state index in [1.807, 2.05) is 28.9 Å². The molecule has 1 N–H and O–H groups in total. The second kappa shape index (κ2) is 8.79. The maximum atomic E-state index is 12.2. The lowest BCUT2D eigenvalue weighted by Crippen LogP contribution is -2.20. The van der Waals surface area contributed by atoms with Crippen molar-refractivity contribution in [3.8, 4) is 17.2 Å². The molecule has 0 fully saturated rings. The largest absolute Gasteiger partial charge is 0.493 e. The van der Waals surface area contributed by atoms with Crippen molar-refractivity contribution in [2.45, 2.75) is 6.54 Å². The molecule has 2 aromatic heterocycles. The quantitative estimate of drug-likeness (QED) is 0.563. The van der Waals surface area contributed by atoms with Crippen molar-refractivity contribution in [2.75, 3.05) is 21.3 Å². The summed E-state index contributed by atoms with van der Waals surface area (Å²) < 4.78 is 18.8. The first-order valence-corrected chi connectivity index (χ1v) is 9.22. The zero-order valence-corrected chi connectivity index (χ0v) is 17.3. The summed E-state index contributed by atoms with van der Waals surface area (Å²) in [5.41, 5.74) is 2.34. The predicted molar refractivity (Wildman–Crippen MR) is 110 cm³/mol. The van der Waals surface area contributed by atoms with Crippen molar-refractivity contribution in [1.29, 1.82) is 0 Å². The molecule has 0 radical (unpaired) electrons. The van der Waals surface area contributed by atoms with Crippen LogP contribution in [0.15, 0.2) is 47.2 Å². The lowest BCUT2D eigenvalue weighted by Gasteiger charge is -2.12. The highest BCUT2D eigenvalue weighted by atomic mass is 79.9. The molecule has 3 aromatic rings. The predicted octanol–water partition coefficient (Wildman–Crippen LogP) is 3.45. The topological polar surface area (TPSA) is 74.1 Å². The Labute approximate surface area is 171 Å². The van der Waals surface area contributed by atoms with Gasteiger partial charge in [-0.25, -0.2) is 4.98 Å². The van der Waals surface area contributed by atoms with Crippen LogP contribution in [-0.4, -0.2) is 36.6 Å². The van der Waals surface area contributed by atoms with Crippen LogP contribution in [0.2, 0.25) is 0 Å².